The number of fused-ring (bicyclic) bond motifs is 1. The second-order valence-electron chi connectivity index (χ2n) is 19.6. The van der Waals surface area contributed by atoms with Gasteiger partial charge in [0.1, 0.15) is 34.5 Å². The molecule has 0 saturated heterocycles. The number of methoxy groups -OCH3 is 1. The van der Waals surface area contributed by atoms with Crippen LogP contribution in [-0.4, -0.2) is 53.1 Å². The standard InChI is InChI=1S/C10H12O.C9H10O2.C9H8O.C8H7BrO.C8H7ClO.C8H14O.C8H8O.C8H16O.C5H10O.9Ac/c1-9(11)7-8-10-5-3-2-4-6-10;1-7(10)8-3-5-9(11-2)6-4-8;10-9-6-5-7-3-1-2-4-8(7)9;2*1-6(10)7-2-4-8(9)5-3-7;2*1-7(9)8-5-3-2-4-6-8;1-3-4-5-6-7-8(2)9;1-4(2)5(3)6;;;;;;;;;/h2-7,11H,8H2,1H3;3-6,10H,1H2,2H3;1-4,6,10H,5H2;2*2-5,10H,1H2;9H,2-6H2,1H3;2-6,9H,1H2;7,9H,3-6H2,1-2H3;6H,1-3H3;;;;;;;;;/b9-7-;;;;;;;8-7-;;;;;;;;;;. The Balaban J connectivity index is -0.000000105. The fourth-order valence-electron chi connectivity index (χ4n) is 6.89. The van der Waals surface area contributed by atoms with Gasteiger partial charge in [-0.25, -0.2) is 0 Å². The average molecular weight is 3290 g/mol. The molecule has 1 fully saturated rings. The van der Waals surface area contributed by atoms with E-state index in [2.05, 4.69) is 49.2 Å². The van der Waals surface area contributed by atoms with Gasteiger partial charge in [0, 0.05) is 434 Å². The van der Waals surface area contributed by atoms with Gasteiger partial charge in [0.15, 0.2) is 0 Å². The van der Waals surface area contributed by atoms with Crippen molar-refractivity contribution in [1.29, 1.82) is 0 Å². The minimum absolute atomic E-state index is 0. The number of ether oxygens (including phenoxy) is 1. The molecule has 6 aromatic carbocycles. The van der Waals surface area contributed by atoms with Crippen LogP contribution in [0.3, 0.4) is 0 Å². The summed E-state index contributed by atoms with van der Waals surface area (Å²) >= 11 is 8.89. The van der Waals surface area contributed by atoms with Crippen LogP contribution in [0.25, 0.3) is 28.8 Å². The summed E-state index contributed by atoms with van der Waals surface area (Å²) in [6.07, 6.45) is 18.1. The van der Waals surface area contributed by atoms with Crippen LogP contribution in [0.2, 0.25) is 5.02 Å². The van der Waals surface area contributed by atoms with Crippen molar-refractivity contribution in [2.24, 2.45) is 0 Å². The van der Waals surface area contributed by atoms with Crippen LogP contribution < -0.4 is 4.74 Å². The van der Waals surface area contributed by atoms with Crippen molar-refractivity contribution in [3.05, 3.63) is 285 Å². The van der Waals surface area contributed by atoms with Crippen LogP contribution >= 0.6 is 27.5 Å². The van der Waals surface area contributed by atoms with Gasteiger partial charge in [-0.2, -0.15) is 0 Å². The van der Waals surface area contributed by atoms with Crippen LogP contribution in [-0.2, 0) is 12.8 Å². The Bertz CT molecular complexity index is 2960. The molecule has 0 unspecified atom stereocenters. The molecule has 0 spiro atoms. The van der Waals surface area contributed by atoms with Gasteiger partial charge in [-0.15, -0.1) is 0 Å². The number of aliphatic hydroxyl groups excluding tert-OH is 9. The summed E-state index contributed by atoms with van der Waals surface area (Å²) in [4.78, 5) is 0. The Morgan fingerprint density at radius 1 is 0.500 bits per heavy atom. The topological polar surface area (TPSA) is 191 Å². The molecule has 8 rings (SSSR count). The summed E-state index contributed by atoms with van der Waals surface area (Å²) in [6, 6.07) is 48.4. The maximum absolute atomic E-state index is 9.24. The average Bonchev–Trinajstić information content (AvgIpc) is 2.18. The van der Waals surface area contributed by atoms with Gasteiger partial charge in [-0.05, 0) is 194 Å². The third-order valence-electron chi connectivity index (χ3n) is 12.1. The van der Waals surface area contributed by atoms with Crippen molar-refractivity contribution in [3.63, 3.8) is 0 Å². The molecule has 0 amide bonds. The van der Waals surface area contributed by atoms with E-state index in [0.717, 1.165) is 64.6 Å². The molecule has 2 aliphatic rings. The Kier molecular flexibility index (Phi) is 98.5. The van der Waals surface area contributed by atoms with E-state index in [1.54, 1.807) is 102 Å². The summed E-state index contributed by atoms with van der Waals surface area (Å²) in [7, 11) is 1.60. The van der Waals surface area contributed by atoms with Gasteiger partial charge >= 0.3 is 0 Å². The SMILES string of the molecule is C/C(O)=C/Cc1ccccc1.C=C(O)c1ccc(Br)cc1.C=C(O)c1ccc(Cl)cc1.C=C(O)c1ccc(OC)cc1.C=C(O)c1ccccc1.CC(C)=C(C)O.CC(O)=C1CCCCC1.CCCCC/C=C(/C)O.OC1=CCc2ccccc21.[Ac].[Ac].[Ac].[Ac].[Ac].[Ac].[Ac].[Ac].[Ac]. The number of rotatable bonds is 11. The van der Waals surface area contributed by atoms with Crippen LogP contribution in [0.4, 0.5) is 0 Å². The monoisotopic (exact) mass is 3290 g/mol. The fraction of sp³-hybridized carbons (Fsp3) is 0.260. The first-order valence-electron chi connectivity index (χ1n) is 28.0. The maximum Gasteiger partial charge on any atom is 0.119 e. The quantitative estimate of drug-likeness (QED) is 0.0446. The van der Waals surface area contributed by atoms with Gasteiger partial charge in [0.05, 0.1) is 30.1 Å². The molecule has 0 aliphatic heterocycles. The van der Waals surface area contributed by atoms with Crippen molar-refractivity contribution in [2.45, 2.75) is 119 Å². The van der Waals surface area contributed by atoms with Gasteiger partial charge in [0.2, 0.25) is 0 Å². The molecule has 9 N–H and O–H groups in total. The van der Waals surface area contributed by atoms with E-state index in [-0.39, 0.29) is 420 Å². The molecule has 0 aromatic heterocycles. The zero-order valence-corrected chi connectivity index (χ0v) is 101. The Morgan fingerprint density at radius 2 is 0.883 bits per heavy atom. The van der Waals surface area contributed by atoms with E-state index in [1.807, 2.05) is 123 Å². The number of aliphatic hydroxyl groups is 9. The first-order chi connectivity index (χ1) is 40.3. The Labute approximate surface area is 899 Å². The molecular formula is C73H92Ac9BrClO10. The summed E-state index contributed by atoms with van der Waals surface area (Å²) < 4.78 is 5.94. The largest absolute Gasteiger partial charge is 0.513 e. The number of hydrogen-bond donors (Lipinski definition) is 9. The predicted molar refractivity (Wildman–Crippen MR) is 365 cm³/mol. The van der Waals surface area contributed by atoms with E-state index >= 15 is 0 Å². The Hall–Kier alpha value is 4.72. The van der Waals surface area contributed by atoms with Crippen LogP contribution in [0.15, 0.2) is 241 Å². The molecule has 94 heavy (non-hydrogen) atoms. The molecule has 10 nitrogen and oxygen atoms in total. The normalized spacial score (nSPS) is 10.4. The van der Waals surface area contributed by atoms with Gasteiger partial charge in [0.25, 0.3) is 0 Å². The molecule has 21 heteroatoms. The molecule has 0 bridgehead atoms. The molecule has 0 atom stereocenters. The van der Waals surface area contributed by atoms with E-state index in [9.17, 15) is 5.11 Å². The second kappa shape index (κ2) is 77.3. The number of allylic oxidation sites excluding steroid dienone is 9. The van der Waals surface area contributed by atoms with E-state index in [4.69, 9.17) is 57.2 Å². The summed E-state index contributed by atoms with van der Waals surface area (Å²) in [5.41, 5.74) is 8.63. The summed E-state index contributed by atoms with van der Waals surface area (Å²) in [5.74, 6) is 3.39. The molecule has 1 saturated carbocycles. The molecular weight excluding hydrogens is 3200 g/mol. The van der Waals surface area contributed by atoms with Gasteiger partial charge < -0.3 is 50.7 Å². The number of hydrogen-bond acceptors (Lipinski definition) is 10. The van der Waals surface area contributed by atoms with Crippen molar-refractivity contribution in [1.82, 2.24) is 0 Å². The first-order valence-corrected chi connectivity index (χ1v) is 29.2. The fourth-order valence-corrected chi connectivity index (χ4v) is 7.28. The van der Waals surface area contributed by atoms with E-state index in [0.29, 0.717) is 44.9 Å². The van der Waals surface area contributed by atoms with Crippen molar-refractivity contribution < 1.29 is 447 Å². The second-order valence-corrected chi connectivity index (χ2v) is 20.9. The van der Waals surface area contributed by atoms with Crippen molar-refractivity contribution >= 4 is 56.3 Å². The summed E-state index contributed by atoms with van der Waals surface area (Å²) in [5, 5.41) is 80.6. The zero-order chi connectivity index (χ0) is 64.1. The third kappa shape index (κ3) is 66.2. The van der Waals surface area contributed by atoms with Crippen molar-refractivity contribution in [3.8, 4) is 5.75 Å². The van der Waals surface area contributed by atoms with Gasteiger partial charge in [-0.3, -0.25) is 0 Å². The smallest absolute Gasteiger partial charge is 0.119 e. The third-order valence-corrected chi connectivity index (χ3v) is 12.9. The molecule has 485 valence electrons. The van der Waals surface area contributed by atoms with E-state index in [1.165, 1.54) is 55.2 Å². The summed E-state index contributed by atoms with van der Waals surface area (Å²) in [6.45, 7) is 26.3. The van der Waals surface area contributed by atoms with Crippen molar-refractivity contribution in [2.75, 3.05) is 7.11 Å². The number of benzene rings is 6. The molecule has 9 radical (unpaired) electrons. The molecule has 0 heterocycles. The minimum atomic E-state index is 0. The Morgan fingerprint density at radius 3 is 1.23 bits per heavy atom. The minimum Gasteiger partial charge on any atom is -0.513 e. The number of halogens is 2. The first kappa shape index (κ1) is 120. The number of unbranched alkanes of at least 4 members (excludes halogenated alkanes) is 3. The van der Waals surface area contributed by atoms with Crippen LogP contribution in [0.1, 0.15) is 145 Å². The van der Waals surface area contributed by atoms with Gasteiger partial charge in [-0.1, -0.05) is 177 Å². The zero-order valence-electron chi connectivity index (χ0n) is 56.2. The van der Waals surface area contributed by atoms with Crippen LogP contribution in [0.5, 0.6) is 5.75 Å². The van der Waals surface area contributed by atoms with E-state index < -0.39 is 0 Å². The predicted octanol–water partition coefficient (Wildman–Crippen LogP) is 22.8. The maximum atomic E-state index is 9.24. The molecule has 6 aromatic rings. The molecule has 2 aliphatic carbocycles. The van der Waals surface area contributed by atoms with Crippen LogP contribution in [0, 0.1) is 397 Å².